The molecule has 152 valence electrons. The minimum absolute atomic E-state index is 0.00209. The molecule has 8 nitrogen and oxygen atoms in total. The van der Waals surface area contributed by atoms with Crippen LogP contribution < -0.4 is 15.4 Å². The predicted octanol–water partition coefficient (Wildman–Crippen LogP) is 1.39. The number of pyridine rings is 1. The lowest BCUT2D eigenvalue weighted by Crippen LogP contribution is -2.70. The Bertz CT molecular complexity index is 961. The van der Waals surface area contributed by atoms with E-state index in [2.05, 4.69) is 20.3 Å². The smallest absolute Gasteiger partial charge is 0.274 e. The summed E-state index contributed by atoms with van der Waals surface area (Å²) in [6.45, 7) is 0.416. The van der Waals surface area contributed by atoms with Gasteiger partial charge in [0.25, 0.3) is 5.91 Å². The van der Waals surface area contributed by atoms with E-state index >= 15 is 0 Å². The number of anilines is 1. The second kappa shape index (κ2) is 7.58. The first-order valence-electron chi connectivity index (χ1n) is 8.74. The van der Waals surface area contributed by atoms with Crippen LogP contribution in [0.1, 0.15) is 22.5 Å². The largest absolute Gasteiger partial charge is 0.593 e. The van der Waals surface area contributed by atoms with Gasteiger partial charge in [-0.05, 0) is 30.3 Å². The van der Waals surface area contributed by atoms with Gasteiger partial charge in [-0.3, -0.25) is 10.2 Å². The Morgan fingerprint density at radius 1 is 1.38 bits per heavy atom. The number of aromatic nitrogens is 1. The number of hydrogen-bond donors (Lipinski definition) is 4. The molecule has 0 radical (unpaired) electrons. The number of carbonyl (C=O) groups is 1. The van der Waals surface area contributed by atoms with Crippen LogP contribution in [-0.2, 0) is 21.6 Å². The second-order valence-electron chi connectivity index (χ2n) is 6.69. The molecule has 0 bridgehead atoms. The number of ether oxygens (including phenoxy) is 1. The van der Waals surface area contributed by atoms with Gasteiger partial charge >= 0.3 is 0 Å². The average molecular weight is 421 g/mol. The van der Waals surface area contributed by atoms with Crippen molar-refractivity contribution in [3.8, 4) is 0 Å². The highest BCUT2D eigenvalue weighted by Crippen LogP contribution is 2.40. The van der Waals surface area contributed by atoms with Crippen LogP contribution in [-0.4, -0.2) is 39.9 Å². The Hall–Kier alpha value is -2.76. The van der Waals surface area contributed by atoms with Crippen molar-refractivity contribution in [2.75, 3.05) is 18.5 Å². The number of benzene rings is 1. The Balaban J connectivity index is 1.68. The maximum atomic E-state index is 14.8. The maximum absolute atomic E-state index is 14.8. The first-order chi connectivity index (χ1) is 13.9. The van der Waals surface area contributed by atoms with E-state index in [0.29, 0.717) is 13.0 Å². The summed E-state index contributed by atoms with van der Waals surface area (Å²) in [5.74, 6) is -1.89. The summed E-state index contributed by atoms with van der Waals surface area (Å²) >= 11 is -1.65. The molecule has 3 atom stereocenters. The first-order valence-corrected chi connectivity index (χ1v) is 9.95. The van der Waals surface area contributed by atoms with Crippen LogP contribution in [0, 0.1) is 17.0 Å². The van der Waals surface area contributed by atoms with Crippen LogP contribution in [0.25, 0.3) is 0 Å². The summed E-state index contributed by atoms with van der Waals surface area (Å²) in [5, 5.41) is 12.8. The number of nitrogens with zero attached hydrogens (tertiary/aromatic N) is 1. The van der Waals surface area contributed by atoms with Crippen LogP contribution >= 0.6 is 0 Å². The van der Waals surface area contributed by atoms with Crippen molar-refractivity contribution >= 4 is 28.9 Å². The number of halogens is 2. The average Bonchev–Trinajstić information content (AvgIpc) is 2.69. The van der Waals surface area contributed by atoms with Crippen LogP contribution in [0.5, 0.6) is 0 Å². The van der Waals surface area contributed by atoms with Gasteiger partial charge in [-0.25, -0.2) is 13.8 Å². The van der Waals surface area contributed by atoms with E-state index in [1.165, 1.54) is 24.3 Å². The van der Waals surface area contributed by atoms with Crippen LogP contribution in [0.15, 0.2) is 36.5 Å². The summed E-state index contributed by atoms with van der Waals surface area (Å²) in [4.78, 5) is 16.1. The van der Waals surface area contributed by atoms with Gasteiger partial charge in [-0.1, -0.05) is 0 Å². The van der Waals surface area contributed by atoms with Crippen molar-refractivity contribution in [2.24, 2.45) is 0 Å². The molecular formula is C18H17F2N5O3S. The molecule has 1 aromatic carbocycles. The van der Waals surface area contributed by atoms with E-state index in [9.17, 15) is 18.1 Å². The summed E-state index contributed by atoms with van der Waals surface area (Å²) in [6, 6.07) is 6.37. The number of amides is 1. The molecule has 2 saturated heterocycles. The molecule has 0 saturated carbocycles. The van der Waals surface area contributed by atoms with Gasteiger partial charge in [0.15, 0.2) is 5.25 Å². The van der Waals surface area contributed by atoms with E-state index in [0.717, 1.165) is 12.3 Å². The summed E-state index contributed by atoms with van der Waals surface area (Å²) < 4.78 is 48.3. The molecule has 0 aliphatic carbocycles. The zero-order valence-electron chi connectivity index (χ0n) is 15.0. The van der Waals surface area contributed by atoms with Gasteiger partial charge < -0.3 is 19.9 Å². The maximum Gasteiger partial charge on any atom is 0.274 e. The number of carbonyl (C=O) groups excluding carboxylic acids is 1. The number of nitrogens with one attached hydrogen (secondary N) is 4. The lowest BCUT2D eigenvalue weighted by molar-refractivity contribution is 0.0442. The quantitative estimate of drug-likeness (QED) is 0.556. The third-order valence-electron chi connectivity index (χ3n) is 4.93. The van der Waals surface area contributed by atoms with Crippen LogP contribution in [0.4, 0.5) is 14.5 Å². The molecule has 3 heterocycles. The Labute approximate surface area is 167 Å². The molecule has 1 amide bonds. The fraction of sp³-hybridized carbons (Fsp3) is 0.278. The lowest BCUT2D eigenvalue weighted by atomic mass is 9.81. The van der Waals surface area contributed by atoms with E-state index < -0.39 is 39.7 Å². The number of hydrogen-bond acceptors (Lipinski definition) is 5. The third-order valence-corrected chi connectivity index (χ3v) is 6.39. The highest BCUT2D eigenvalue weighted by Gasteiger charge is 2.55. The Morgan fingerprint density at radius 2 is 2.21 bits per heavy atom. The van der Waals surface area contributed by atoms with Crippen LogP contribution in [0.3, 0.4) is 0 Å². The van der Waals surface area contributed by atoms with Gasteiger partial charge in [0, 0.05) is 24.3 Å². The fourth-order valence-electron chi connectivity index (χ4n) is 3.56. The lowest BCUT2D eigenvalue weighted by Gasteiger charge is -2.47. The molecule has 2 aliphatic heterocycles. The van der Waals surface area contributed by atoms with Crippen molar-refractivity contribution in [2.45, 2.75) is 17.2 Å². The molecule has 2 aliphatic rings. The topological polar surface area (TPSA) is 122 Å². The first kappa shape index (κ1) is 19.6. The Kier molecular flexibility index (Phi) is 5.11. The van der Waals surface area contributed by atoms with Crippen molar-refractivity contribution in [3.63, 3.8) is 0 Å². The predicted molar refractivity (Wildman–Crippen MR) is 102 cm³/mol. The van der Waals surface area contributed by atoms with E-state index in [-0.39, 0.29) is 29.5 Å². The van der Waals surface area contributed by atoms with Crippen molar-refractivity contribution in [1.82, 2.24) is 15.0 Å². The molecule has 0 spiro atoms. The molecule has 4 rings (SSSR count). The second-order valence-corrected chi connectivity index (χ2v) is 8.06. The van der Waals surface area contributed by atoms with Gasteiger partial charge in [0.1, 0.15) is 22.9 Å². The van der Waals surface area contributed by atoms with Gasteiger partial charge in [0.05, 0.1) is 24.2 Å². The fourth-order valence-corrected chi connectivity index (χ4v) is 4.84. The normalized spacial score (nSPS) is 26.1. The Morgan fingerprint density at radius 3 is 2.97 bits per heavy atom. The SMILES string of the molecule is N=C1N[S+]([O-])C2COCC[C@@]2(c2cc(NC(=O)c3ccc(F)cn3)ccc2F)N1. The zero-order chi connectivity index (χ0) is 20.6. The van der Waals surface area contributed by atoms with Crippen LogP contribution in [0.2, 0.25) is 0 Å². The molecule has 2 fully saturated rings. The van der Waals surface area contributed by atoms with E-state index in [1.54, 1.807) is 0 Å². The zero-order valence-corrected chi connectivity index (χ0v) is 15.8. The summed E-state index contributed by atoms with van der Waals surface area (Å²) in [6.07, 6.45) is 1.22. The van der Waals surface area contributed by atoms with Crippen molar-refractivity contribution in [1.29, 1.82) is 5.41 Å². The molecular weight excluding hydrogens is 404 g/mol. The standard InChI is InChI=1S/C18H17F2N5O3S/c19-10-1-4-14(22-8-10)16(26)23-11-2-3-13(20)12(7-11)18-5-6-28-9-15(18)29(27)25-17(21)24-18/h1-4,7-8,15H,5-6,9H2,(H,23,26)(H3,21,24,25)/t15?,18-,29?/m0/s1. The monoisotopic (exact) mass is 421 g/mol. The van der Waals surface area contributed by atoms with Gasteiger partial charge in [-0.2, -0.15) is 4.72 Å². The number of fused-ring (bicyclic) bond motifs is 1. The highest BCUT2D eigenvalue weighted by atomic mass is 32.2. The van der Waals surface area contributed by atoms with Crippen molar-refractivity contribution < 1.29 is 22.9 Å². The van der Waals surface area contributed by atoms with Gasteiger partial charge in [-0.15, -0.1) is 0 Å². The minimum atomic E-state index is -1.65. The molecule has 1 aromatic heterocycles. The molecule has 11 heteroatoms. The highest BCUT2D eigenvalue weighted by molar-refractivity contribution is 7.90. The number of rotatable bonds is 3. The summed E-state index contributed by atoms with van der Waals surface area (Å²) in [5.41, 5.74) is -0.656. The van der Waals surface area contributed by atoms with Crippen molar-refractivity contribution in [3.05, 3.63) is 59.4 Å². The van der Waals surface area contributed by atoms with E-state index in [4.69, 9.17) is 10.1 Å². The summed E-state index contributed by atoms with van der Waals surface area (Å²) in [7, 11) is 0. The molecule has 2 aromatic rings. The molecule has 29 heavy (non-hydrogen) atoms. The van der Waals surface area contributed by atoms with Gasteiger partial charge in [0.2, 0.25) is 5.96 Å². The molecule has 2 unspecified atom stereocenters. The third kappa shape index (κ3) is 3.63. The van der Waals surface area contributed by atoms with E-state index in [1.807, 2.05) is 0 Å². The number of guanidine groups is 1. The molecule has 4 N–H and O–H groups in total. The minimum Gasteiger partial charge on any atom is -0.593 e.